The second kappa shape index (κ2) is 7.65. The number of aryl methyl sites for hydroxylation is 1. The number of carboxylic acids is 1. The molecule has 0 aliphatic heterocycles. The molecule has 0 aliphatic rings. The van der Waals surface area contributed by atoms with Gasteiger partial charge in [0.15, 0.2) is 0 Å². The van der Waals surface area contributed by atoms with Crippen LogP contribution in [0.15, 0.2) is 51.8 Å². The maximum Gasteiger partial charge on any atom is 0.305 e. The van der Waals surface area contributed by atoms with Crippen LogP contribution in [-0.4, -0.2) is 19.5 Å². The van der Waals surface area contributed by atoms with E-state index in [4.69, 9.17) is 16.7 Å². The largest absolute Gasteiger partial charge is 0.481 e. The highest BCUT2D eigenvalue weighted by atomic mass is 79.9. The van der Waals surface area contributed by atoms with Gasteiger partial charge in [-0.05, 0) is 30.7 Å². The Kier molecular flexibility index (Phi) is 6.03. The van der Waals surface area contributed by atoms with Gasteiger partial charge in [-0.25, -0.2) is 13.1 Å². The van der Waals surface area contributed by atoms with Gasteiger partial charge in [-0.15, -0.1) is 0 Å². The molecule has 2 N–H and O–H groups in total. The van der Waals surface area contributed by atoms with Gasteiger partial charge in [-0.2, -0.15) is 0 Å². The number of benzene rings is 2. The molecular weight excluding hydrogens is 418 g/mol. The first-order chi connectivity index (χ1) is 11.2. The maximum absolute atomic E-state index is 12.6. The predicted octanol–water partition coefficient (Wildman–Crippen LogP) is 3.91. The Balaban J connectivity index is 2.37. The second-order valence-electron chi connectivity index (χ2n) is 5.26. The molecule has 0 saturated carbocycles. The van der Waals surface area contributed by atoms with E-state index < -0.39 is 22.0 Å². The van der Waals surface area contributed by atoms with Gasteiger partial charge >= 0.3 is 5.97 Å². The minimum absolute atomic E-state index is 0.0508. The summed E-state index contributed by atoms with van der Waals surface area (Å²) < 4.78 is 28.3. The summed E-state index contributed by atoms with van der Waals surface area (Å²) in [4.78, 5) is 11.0. The van der Waals surface area contributed by atoms with Gasteiger partial charge in [0.05, 0.1) is 17.5 Å². The van der Waals surface area contributed by atoms with E-state index in [9.17, 15) is 13.2 Å². The van der Waals surface area contributed by atoms with E-state index in [1.54, 1.807) is 30.3 Å². The zero-order valence-corrected chi connectivity index (χ0v) is 15.8. The number of nitrogens with one attached hydrogen (secondary N) is 1. The fourth-order valence-electron chi connectivity index (χ4n) is 2.14. The fourth-order valence-corrected chi connectivity index (χ4v) is 4.41. The van der Waals surface area contributed by atoms with Crippen molar-refractivity contribution in [2.45, 2.75) is 24.3 Å². The molecule has 0 aromatic heterocycles. The van der Waals surface area contributed by atoms with Gasteiger partial charge in [-0.1, -0.05) is 57.4 Å². The third-order valence-electron chi connectivity index (χ3n) is 3.34. The van der Waals surface area contributed by atoms with E-state index in [2.05, 4.69) is 20.7 Å². The van der Waals surface area contributed by atoms with Crippen molar-refractivity contribution in [2.75, 3.05) is 0 Å². The molecule has 5 nitrogen and oxygen atoms in total. The lowest BCUT2D eigenvalue weighted by Gasteiger charge is -2.18. The third-order valence-corrected chi connectivity index (χ3v) is 5.79. The Bertz CT molecular complexity index is 853. The lowest BCUT2D eigenvalue weighted by atomic mass is 10.0. The lowest BCUT2D eigenvalue weighted by Crippen LogP contribution is -2.30. The molecule has 24 heavy (non-hydrogen) atoms. The summed E-state index contributed by atoms with van der Waals surface area (Å²) in [6.45, 7) is 1.89. The van der Waals surface area contributed by atoms with Crippen molar-refractivity contribution in [3.63, 3.8) is 0 Å². The van der Waals surface area contributed by atoms with Crippen molar-refractivity contribution in [3.05, 3.63) is 63.1 Å². The van der Waals surface area contributed by atoms with Crippen LogP contribution in [0.4, 0.5) is 0 Å². The van der Waals surface area contributed by atoms with Gasteiger partial charge in [0, 0.05) is 4.47 Å². The molecule has 0 heterocycles. The SMILES string of the molecule is Cc1ccc(C(CC(=O)O)NS(=O)(=O)c2ccc(Br)cc2Cl)cc1. The number of rotatable bonds is 6. The molecule has 2 rings (SSSR count). The first-order valence-corrected chi connectivity index (χ1v) is 9.60. The van der Waals surface area contributed by atoms with E-state index in [0.29, 0.717) is 10.0 Å². The average Bonchev–Trinajstić information content (AvgIpc) is 2.46. The molecule has 0 aliphatic carbocycles. The smallest absolute Gasteiger partial charge is 0.305 e. The van der Waals surface area contributed by atoms with E-state index in [1.165, 1.54) is 12.1 Å². The number of carboxylic acid groups (broad SMARTS) is 1. The van der Waals surface area contributed by atoms with Crippen molar-refractivity contribution in [1.29, 1.82) is 0 Å². The zero-order chi connectivity index (χ0) is 17.9. The van der Waals surface area contributed by atoms with E-state index in [0.717, 1.165) is 5.56 Å². The van der Waals surface area contributed by atoms with Crippen LogP contribution in [0.25, 0.3) is 0 Å². The van der Waals surface area contributed by atoms with Crippen molar-refractivity contribution in [3.8, 4) is 0 Å². The molecule has 128 valence electrons. The fraction of sp³-hybridized carbons (Fsp3) is 0.188. The van der Waals surface area contributed by atoms with Crippen LogP contribution >= 0.6 is 27.5 Å². The number of hydrogen-bond acceptors (Lipinski definition) is 3. The first kappa shape index (κ1) is 18.9. The molecule has 0 fully saturated rings. The van der Waals surface area contributed by atoms with Crippen LogP contribution < -0.4 is 4.72 Å². The number of sulfonamides is 1. The van der Waals surface area contributed by atoms with Gasteiger partial charge in [0.25, 0.3) is 0 Å². The Morgan fingerprint density at radius 2 is 1.88 bits per heavy atom. The van der Waals surface area contributed by atoms with E-state index in [1.807, 2.05) is 6.92 Å². The molecule has 8 heteroatoms. The zero-order valence-electron chi connectivity index (χ0n) is 12.7. The summed E-state index contributed by atoms with van der Waals surface area (Å²) in [5.41, 5.74) is 1.56. The summed E-state index contributed by atoms with van der Waals surface area (Å²) >= 11 is 9.22. The Morgan fingerprint density at radius 1 is 1.25 bits per heavy atom. The van der Waals surface area contributed by atoms with Crippen LogP contribution in [0, 0.1) is 6.92 Å². The number of halogens is 2. The summed E-state index contributed by atoms with van der Waals surface area (Å²) in [6.07, 6.45) is -0.379. The quantitative estimate of drug-likeness (QED) is 0.725. The topological polar surface area (TPSA) is 83.5 Å². The van der Waals surface area contributed by atoms with E-state index in [-0.39, 0.29) is 16.3 Å². The van der Waals surface area contributed by atoms with Crippen molar-refractivity contribution >= 4 is 43.5 Å². The van der Waals surface area contributed by atoms with Crippen LogP contribution in [0.5, 0.6) is 0 Å². The van der Waals surface area contributed by atoms with Gasteiger partial charge in [-0.3, -0.25) is 4.79 Å². The van der Waals surface area contributed by atoms with Crippen molar-refractivity contribution in [2.24, 2.45) is 0 Å². The molecular formula is C16H15BrClNO4S. The molecule has 2 aromatic rings. The Labute approximate surface area is 153 Å². The lowest BCUT2D eigenvalue weighted by molar-refractivity contribution is -0.137. The minimum Gasteiger partial charge on any atom is -0.481 e. The highest BCUT2D eigenvalue weighted by Crippen LogP contribution is 2.27. The van der Waals surface area contributed by atoms with Gasteiger partial charge in [0.2, 0.25) is 10.0 Å². The van der Waals surface area contributed by atoms with Crippen molar-refractivity contribution < 1.29 is 18.3 Å². The molecule has 0 amide bonds. The third kappa shape index (κ3) is 4.80. The molecule has 0 spiro atoms. The van der Waals surface area contributed by atoms with Crippen LogP contribution in [0.1, 0.15) is 23.6 Å². The average molecular weight is 433 g/mol. The van der Waals surface area contributed by atoms with Crippen molar-refractivity contribution in [1.82, 2.24) is 4.72 Å². The Hall–Kier alpha value is -1.41. The normalized spacial score (nSPS) is 12.8. The van der Waals surface area contributed by atoms with Crippen LogP contribution in [0.2, 0.25) is 5.02 Å². The molecule has 0 radical (unpaired) electrons. The summed E-state index contributed by atoms with van der Waals surface area (Å²) in [7, 11) is -3.98. The highest BCUT2D eigenvalue weighted by Gasteiger charge is 2.25. The predicted molar refractivity (Wildman–Crippen MR) is 95.6 cm³/mol. The molecule has 0 bridgehead atoms. The van der Waals surface area contributed by atoms with Gasteiger partial charge in [0.1, 0.15) is 4.90 Å². The number of aliphatic carboxylic acids is 1. The first-order valence-electron chi connectivity index (χ1n) is 6.95. The molecule has 2 aromatic carbocycles. The monoisotopic (exact) mass is 431 g/mol. The summed E-state index contributed by atoms with van der Waals surface area (Å²) in [5.74, 6) is -1.11. The second-order valence-corrected chi connectivity index (χ2v) is 8.26. The molecule has 0 saturated heterocycles. The number of hydrogen-bond donors (Lipinski definition) is 2. The number of carbonyl (C=O) groups is 1. The molecule has 1 unspecified atom stereocenters. The standard InChI is InChI=1S/C16H15BrClNO4S/c1-10-2-4-11(5-3-10)14(9-16(20)21)19-24(22,23)15-7-6-12(17)8-13(15)18/h2-8,14,19H,9H2,1H3,(H,20,21). The highest BCUT2D eigenvalue weighted by molar-refractivity contribution is 9.10. The van der Waals surface area contributed by atoms with E-state index >= 15 is 0 Å². The van der Waals surface area contributed by atoms with Crippen LogP contribution in [-0.2, 0) is 14.8 Å². The summed E-state index contributed by atoms with van der Waals surface area (Å²) in [5, 5.41) is 9.14. The minimum atomic E-state index is -3.98. The van der Waals surface area contributed by atoms with Gasteiger partial charge < -0.3 is 5.11 Å². The van der Waals surface area contributed by atoms with Crippen LogP contribution in [0.3, 0.4) is 0 Å². The molecule has 1 atom stereocenters. The maximum atomic E-state index is 12.6. The summed E-state index contributed by atoms with van der Waals surface area (Å²) in [6, 6.07) is 10.5. The Morgan fingerprint density at radius 3 is 2.42 bits per heavy atom.